The van der Waals surface area contributed by atoms with E-state index >= 15 is 0 Å². The smallest absolute Gasteiger partial charge is 0.389 e. The third-order valence-corrected chi connectivity index (χ3v) is 3.02. The largest absolute Gasteiger partial charge is 0.462 e. The molecule has 0 heterocycles. The van der Waals surface area contributed by atoms with Gasteiger partial charge >= 0.3 is 12.1 Å². The molecule has 0 bridgehead atoms. The second kappa shape index (κ2) is 6.26. The highest BCUT2D eigenvalue weighted by atomic mass is 19.4. The van der Waals surface area contributed by atoms with Gasteiger partial charge in [-0.15, -0.1) is 0 Å². The number of carbonyl (C=O) groups is 1. The number of hydrogen-bond acceptors (Lipinski definition) is 2. The first kappa shape index (κ1) is 14.3. The molecule has 1 saturated carbocycles. The lowest BCUT2D eigenvalue weighted by molar-refractivity contribution is -0.152. The third-order valence-electron chi connectivity index (χ3n) is 3.02. The van der Waals surface area contributed by atoms with Gasteiger partial charge in [0, 0.05) is 12.8 Å². The minimum Gasteiger partial charge on any atom is -0.462 e. The van der Waals surface area contributed by atoms with E-state index in [1.165, 1.54) is 6.92 Å². The quantitative estimate of drug-likeness (QED) is 0.695. The molecule has 0 radical (unpaired) electrons. The Morgan fingerprint density at radius 3 is 2.47 bits per heavy atom. The SMILES string of the molecule is C[C@H](CCC(=O)OC1CCCC1)CC(F)(F)F. The van der Waals surface area contributed by atoms with Gasteiger partial charge < -0.3 is 4.74 Å². The number of ether oxygens (including phenoxy) is 1. The molecule has 0 aromatic carbocycles. The van der Waals surface area contributed by atoms with Crippen LogP contribution in [-0.4, -0.2) is 18.2 Å². The van der Waals surface area contributed by atoms with E-state index in [4.69, 9.17) is 4.74 Å². The van der Waals surface area contributed by atoms with Crippen LogP contribution in [0.2, 0.25) is 0 Å². The number of esters is 1. The Labute approximate surface area is 99.5 Å². The van der Waals surface area contributed by atoms with Crippen molar-refractivity contribution in [3.8, 4) is 0 Å². The molecule has 1 atom stereocenters. The fourth-order valence-corrected chi connectivity index (χ4v) is 2.11. The van der Waals surface area contributed by atoms with E-state index in [0.717, 1.165) is 25.7 Å². The van der Waals surface area contributed by atoms with Crippen LogP contribution >= 0.6 is 0 Å². The lowest BCUT2D eigenvalue weighted by Gasteiger charge is -2.15. The van der Waals surface area contributed by atoms with Crippen LogP contribution in [0.1, 0.15) is 51.9 Å². The van der Waals surface area contributed by atoms with Gasteiger partial charge in [0.05, 0.1) is 0 Å². The minimum atomic E-state index is -4.14. The fourth-order valence-electron chi connectivity index (χ4n) is 2.11. The standard InChI is InChI=1S/C12H19F3O2/c1-9(8-12(13,14)15)6-7-11(16)17-10-4-2-3-5-10/h9-10H,2-8H2,1H3/t9-/m1/s1. The first-order valence-corrected chi connectivity index (χ1v) is 6.13. The number of rotatable bonds is 5. The molecule has 0 aliphatic heterocycles. The number of carbonyl (C=O) groups excluding carboxylic acids is 1. The molecular formula is C12H19F3O2. The lowest BCUT2D eigenvalue weighted by atomic mass is 10.0. The molecule has 1 aliphatic carbocycles. The van der Waals surface area contributed by atoms with E-state index in [1.54, 1.807) is 0 Å². The second-order valence-electron chi connectivity index (χ2n) is 4.86. The molecule has 0 aromatic heterocycles. The summed E-state index contributed by atoms with van der Waals surface area (Å²) in [7, 11) is 0. The molecule has 17 heavy (non-hydrogen) atoms. The highest BCUT2D eigenvalue weighted by Gasteiger charge is 2.30. The van der Waals surface area contributed by atoms with Crippen molar-refractivity contribution < 1.29 is 22.7 Å². The summed E-state index contributed by atoms with van der Waals surface area (Å²) in [5.41, 5.74) is 0. The minimum absolute atomic E-state index is 0.000391. The van der Waals surface area contributed by atoms with Crippen molar-refractivity contribution in [2.45, 2.75) is 64.1 Å². The zero-order chi connectivity index (χ0) is 12.9. The third kappa shape index (κ3) is 6.54. The van der Waals surface area contributed by atoms with Crippen LogP contribution in [0.4, 0.5) is 13.2 Å². The highest BCUT2D eigenvalue weighted by Crippen LogP contribution is 2.27. The molecule has 1 fully saturated rings. The van der Waals surface area contributed by atoms with Gasteiger partial charge in [-0.3, -0.25) is 4.79 Å². The molecule has 0 aromatic rings. The Balaban J connectivity index is 2.14. The van der Waals surface area contributed by atoms with Gasteiger partial charge in [0.1, 0.15) is 6.10 Å². The molecule has 1 aliphatic rings. The summed E-state index contributed by atoms with van der Waals surface area (Å²) in [4.78, 5) is 11.4. The molecule has 0 amide bonds. The monoisotopic (exact) mass is 252 g/mol. The molecular weight excluding hydrogens is 233 g/mol. The van der Waals surface area contributed by atoms with Gasteiger partial charge in [0.2, 0.25) is 0 Å². The molecule has 5 heteroatoms. The lowest BCUT2D eigenvalue weighted by Crippen LogP contribution is -2.17. The summed E-state index contributed by atoms with van der Waals surface area (Å²) >= 11 is 0. The molecule has 0 N–H and O–H groups in total. The summed E-state index contributed by atoms with van der Waals surface area (Å²) in [5.74, 6) is -0.878. The first-order chi connectivity index (χ1) is 7.87. The van der Waals surface area contributed by atoms with Gasteiger partial charge in [0.15, 0.2) is 0 Å². The van der Waals surface area contributed by atoms with Crippen LogP contribution in [0.3, 0.4) is 0 Å². The fraction of sp³-hybridized carbons (Fsp3) is 0.917. The molecule has 2 nitrogen and oxygen atoms in total. The van der Waals surface area contributed by atoms with Crippen LogP contribution in [0.25, 0.3) is 0 Å². The van der Waals surface area contributed by atoms with Crippen molar-refractivity contribution in [2.24, 2.45) is 5.92 Å². The average molecular weight is 252 g/mol. The normalized spacial score (nSPS) is 19.3. The average Bonchev–Trinajstić information content (AvgIpc) is 2.64. The van der Waals surface area contributed by atoms with E-state index in [2.05, 4.69) is 0 Å². The Kier molecular flexibility index (Phi) is 5.28. The number of hydrogen-bond donors (Lipinski definition) is 0. The number of halogens is 3. The van der Waals surface area contributed by atoms with E-state index in [9.17, 15) is 18.0 Å². The van der Waals surface area contributed by atoms with Crippen molar-refractivity contribution in [3.05, 3.63) is 0 Å². The highest BCUT2D eigenvalue weighted by molar-refractivity contribution is 5.69. The molecule has 0 spiro atoms. The predicted octanol–water partition coefficient (Wildman–Crippen LogP) is 3.84. The van der Waals surface area contributed by atoms with E-state index in [-0.39, 0.29) is 24.9 Å². The summed E-state index contributed by atoms with van der Waals surface area (Å²) in [6, 6.07) is 0. The Hall–Kier alpha value is -0.740. The Morgan fingerprint density at radius 1 is 1.35 bits per heavy atom. The van der Waals surface area contributed by atoms with E-state index in [1.807, 2.05) is 0 Å². The van der Waals surface area contributed by atoms with Crippen LogP contribution < -0.4 is 0 Å². The molecule has 0 saturated heterocycles. The summed E-state index contributed by atoms with van der Waals surface area (Å²) in [5, 5.41) is 0. The molecule has 1 rings (SSSR count). The van der Waals surface area contributed by atoms with Crippen molar-refractivity contribution in [1.29, 1.82) is 0 Å². The predicted molar refractivity (Wildman–Crippen MR) is 57.4 cm³/mol. The van der Waals surface area contributed by atoms with Crippen LogP contribution in [0.15, 0.2) is 0 Å². The van der Waals surface area contributed by atoms with E-state index < -0.39 is 18.5 Å². The zero-order valence-electron chi connectivity index (χ0n) is 10.1. The van der Waals surface area contributed by atoms with Crippen LogP contribution in [0.5, 0.6) is 0 Å². The van der Waals surface area contributed by atoms with Gasteiger partial charge in [-0.1, -0.05) is 6.92 Å². The van der Waals surface area contributed by atoms with Crippen molar-refractivity contribution in [1.82, 2.24) is 0 Å². The van der Waals surface area contributed by atoms with Crippen molar-refractivity contribution in [2.75, 3.05) is 0 Å². The van der Waals surface area contributed by atoms with Gasteiger partial charge in [-0.25, -0.2) is 0 Å². The topological polar surface area (TPSA) is 26.3 Å². The first-order valence-electron chi connectivity index (χ1n) is 6.13. The maximum absolute atomic E-state index is 12.0. The maximum Gasteiger partial charge on any atom is 0.389 e. The zero-order valence-corrected chi connectivity index (χ0v) is 10.1. The molecule has 0 unspecified atom stereocenters. The number of alkyl halides is 3. The summed E-state index contributed by atoms with van der Waals surface area (Å²) in [6.45, 7) is 1.51. The second-order valence-corrected chi connectivity index (χ2v) is 4.86. The van der Waals surface area contributed by atoms with Crippen molar-refractivity contribution >= 4 is 5.97 Å². The van der Waals surface area contributed by atoms with E-state index in [0.29, 0.717) is 0 Å². The van der Waals surface area contributed by atoms with Crippen LogP contribution in [-0.2, 0) is 9.53 Å². The van der Waals surface area contributed by atoms with Gasteiger partial charge in [0.25, 0.3) is 0 Å². The maximum atomic E-state index is 12.0. The van der Waals surface area contributed by atoms with Crippen molar-refractivity contribution in [3.63, 3.8) is 0 Å². The summed E-state index contributed by atoms with van der Waals surface area (Å²) < 4.78 is 41.3. The Bertz CT molecular complexity index is 245. The van der Waals surface area contributed by atoms with Crippen LogP contribution in [0, 0.1) is 5.92 Å². The van der Waals surface area contributed by atoms with Gasteiger partial charge in [-0.2, -0.15) is 13.2 Å². The summed E-state index contributed by atoms with van der Waals surface area (Å²) in [6.07, 6.45) is -0.712. The Morgan fingerprint density at radius 2 is 1.94 bits per heavy atom. The molecule has 100 valence electrons. The van der Waals surface area contributed by atoms with Gasteiger partial charge in [-0.05, 0) is 38.0 Å².